The predicted octanol–water partition coefficient (Wildman–Crippen LogP) is 0.484. The predicted molar refractivity (Wildman–Crippen MR) is 84.3 cm³/mol. The molecule has 3 N–H and O–H groups in total. The number of nitrogens with one attached hydrogen (secondary N) is 1. The Morgan fingerprint density at radius 2 is 1.90 bits per heavy atom. The van der Waals surface area contributed by atoms with E-state index >= 15 is 0 Å². The zero-order chi connectivity index (χ0) is 15.8. The Morgan fingerprint density at radius 1 is 1.35 bits per heavy atom. The first-order valence-corrected chi connectivity index (χ1v) is 10.1. The molecule has 0 radical (unpaired) electrons. The van der Waals surface area contributed by atoms with Crippen LogP contribution >= 0.6 is 23.6 Å². The number of sulfone groups is 1. The SMILES string of the molecule is CC(C)(CNS(=O)(=O)c1ccc(C(N)=S)s1)S(C)(=O)=O. The van der Waals surface area contributed by atoms with Crippen molar-refractivity contribution in [2.75, 3.05) is 12.8 Å². The summed E-state index contributed by atoms with van der Waals surface area (Å²) in [6, 6.07) is 2.90. The summed E-state index contributed by atoms with van der Waals surface area (Å²) in [5, 5.41) is 0. The minimum Gasteiger partial charge on any atom is -0.389 e. The molecule has 0 spiro atoms. The molecular formula is C10H16N2O4S4. The van der Waals surface area contributed by atoms with Crippen molar-refractivity contribution in [3.63, 3.8) is 0 Å². The van der Waals surface area contributed by atoms with E-state index in [-0.39, 0.29) is 15.7 Å². The van der Waals surface area contributed by atoms with Gasteiger partial charge in [-0.25, -0.2) is 21.6 Å². The second-order valence-corrected chi connectivity index (χ2v) is 11.0. The third-order valence-corrected chi connectivity index (χ3v) is 8.29. The number of thiocarbonyl (C=S) groups is 1. The van der Waals surface area contributed by atoms with Crippen LogP contribution in [-0.4, -0.2) is 39.4 Å². The summed E-state index contributed by atoms with van der Waals surface area (Å²) in [5.41, 5.74) is 5.42. The minimum atomic E-state index is -3.78. The maximum atomic E-state index is 12.1. The van der Waals surface area contributed by atoms with Crippen LogP contribution < -0.4 is 10.5 Å². The lowest BCUT2D eigenvalue weighted by Crippen LogP contribution is -2.43. The van der Waals surface area contributed by atoms with E-state index in [9.17, 15) is 16.8 Å². The van der Waals surface area contributed by atoms with Crippen molar-refractivity contribution in [1.29, 1.82) is 0 Å². The maximum absolute atomic E-state index is 12.1. The van der Waals surface area contributed by atoms with Crippen molar-refractivity contribution in [1.82, 2.24) is 4.72 Å². The Hall–Kier alpha value is -0.550. The van der Waals surface area contributed by atoms with E-state index in [4.69, 9.17) is 18.0 Å². The highest BCUT2D eigenvalue weighted by Gasteiger charge is 2.32. The van der Waals surface area contributed by atoms with Gasteiger partial charge in [0.15, 0.2) is 9.84 Å². The molecule has 0 aromatic carbocycles. The molecule has 0 atom stereocenters. The second kappa shape index (κ2) is 5.68. The third kappa shape index (κ3) is 3.98. The maximum Gasteiger partial charge on any atom is 0.250 e. The highest BCUT2D eigenvalue weighted by molar-refractivity contribution is 7.92. The van der Waals surface area contributed by atoms with E-state index in [1.807, 2.05) is 0 Å². The summed E-state index contributed by atoms with van der Waals surface area (Å²) >= 11 is 5.70. The van der Waals surface area contributed by atoms with Crippen LogP contribution in [0.3, 0.4) is 0 Å². The van der Waals surface area contributed by atoms with Gasteiger partial charge in [0.25, 0.3) is 0 Å². The molecule has 0 fully saturated rings. The number of nitrogens with two attached hydrogens (primary N) is 1. The fraction of sp³-hybridized carbons (Fsp3) is 0.500. The first kappa shape index (κ1) is 17.5. The summed E-state index contributed by atoms with van der Waals surface area (Å²) in [7, 11) is -7.16. The Morgan fingerprint density at radius 3 is 2.30 bits per heavy atom. The van der Waals surface area contributed by atoms with Gasteiger partial charge in [0.2, 0.25) is 10.0 Å². The molecule has 0 aliphatic rings. The molecule has 0 aliphatic heterocycles. The monoisotopic (exact) mass is 356 g/mol. The standard InChI is InChI=1S/C10H16N2O4S4/c1-10(2,19(3,13)14)6-12-20(15,16)8-5-4-7(18-8)9(11)17/h4-5,12H,6H2,1-3H3,(H2,11,17). The molecule has 1 rings (SSSR count). The minimum absolute atomic E-state index is 0.0459. The molecule has 114 valence electrons. The van der Waals surface area contributed by atoms with Crippen LogP contribution in [0.25, 0.3) is 0 Å². The quantitative estimate of drug-likeness (QED) is 0.718. The number of hydrogen-bond acceptors (Lipinski definition) is 6. The molecule has 20 heavy (non-hydrogen) atoms. The topological polar surface area (TPSA) is 106 Å². The van der Waals surface area contributed by atoms with Gasteiger partial charge in [-0.3, -0.25) is 0 Å². The highest BCUT2D eigenvalue weighted by Crippen LogP contribution is 2.22. The van der Waals surface area contributed by atoms with Gasteiger partial charge in [0.05, 0.1) is 9.62 Å². The first-order valence-electron chi connectivity index (χ1n) is 5.46. The van der Waals surface area contributed by atoms with E-state index in [1.165, 1.54) is 26.0 Å². The summed E-state index contributed by atoms with van der Waals surface area (Å²) < 4.78 is 48.3. The Kier molecular flexibility index (Phi) is 4.97. The van der Waals surface area contributed by atoms with Gasteiger partial charge < -0.3 is 5.73 Å². The lowest BCUT2D eigenvalue weighted by atomic mass is 10.2. The fourth-order valence-corrected chi connectivity index (χ4v) is 4.10. The summed E-state index contributed by atoms with van der Waals surface area (Å²) in [4.78, 5) is 0.607. The zero-order valence-electron chi connectivity index (χ0n) is 11.2. The Balaban J connectivity index is 2.94. The Labute approximate surface area is 128 Å². The van der Waals surface area contributed by atoms with Gasteiger partial charge in [0, 0.05) is 12.8 Å². The number of hydrogen-bond donors (Lipinski definition) is 2. The molecule has 1 aromatic rings. The zero-order valence-corrected chi connectivity index (χ0v) is 14.5. The van der Waals surface area contributed by atoms with Gasteiger partial charge in [-0.15, -0.1) is 11.3 Å². The molecule has 0 aliphatic carbocycles. The lowest BCUT2D eigenvalue weighted by molar-refractivity contribution is 0.537. The van der Waals surface area contributed by atoms with Crippen LogP contribution in [0.5, 0.6) is 0 Å². The van der Waals surface area contributed by atoms with Crippen molar-refractivity contribution in [3.05, 3.63) is 17.0 Å². The molecule has 0 saturated heterocycles. The summed E-state index contributed by atoms with van der Waals surface area (Å²) in [6.07, 6.45) is 1.07. The molecule has 6 nitrogen and oxygen atoms in total. The van der Waals surface area contributed by atoms with Crippen molar-refractivity contribution >= 4 is 48.4 Å². The number of thiophene rings is 1. The largest absolute Gasteiger partial charge is 0.389 e. The van der Waals surface area contributed by atoms with Gasteiger partial charge >= 0.3 is 0 Å². The van der Waals surface area contributed by atoms with E-state index in [1.54, 1.807) is 0 Å². The number of sulfonamides is 1. The normalized spacial score (nSPS) is 13.3. The summed E-state index contributed by atoms with van der Waals surface area (Å²) in [5.74, 6) is 0. The van der Waals surface area contributed by atoms with Gasteiger partial charge in [-0.1, -0.05) is 12.2 Å². The molecule has 0 amide bonds. The van der Waals surface area contributed by atoms with E-state index in [2.05, 4.69) is 4.72 Å². The second-order valence-electron chi connectivity index (χ2n) is 4.84. The van der Waals surface area contributed by atoms with E-state index in [0.29, 0.717) is 4.88 Å². The van der Waals surface area contributed by atoms with Crippen LogP contribution in [0.15, 0.2) is 16.3 Å². The Bertz CT molecular complexity index is 716. The average molecular weight is 357 g/mol. The average Bonchev–Trinajstić information content (AvgIpc) is 2.75. The van der Waals surface area contributed by atoms with Crippen LogP contribution in [0.2, 0.25) is 0 Å². The van der Waals surface area contributed by atoms with Crippen LogP contribution in [0.4, 0.5) is 0 Å². The van der Waals surface area contributed by atoms with Crippen molar-refractivity contribution in [3.8, 4) is 0 Å². The molecule has 0 saturated carbocycles. The van der Waals surface area contributed by atoms with Crippen LogP contribution in [-0.2, 0) is 19.9 Å². The van der Waals surface area contributed by atoms with Crippen molar-refractivity contribution in [2.45, 2.75) is 22.8 Å². The molecule has 0 unspecified atom stereocenters. The van der Waals surface area contributed by atoms with Gasteiger partial charge in [0.1, 0.15) is 9.20 Å². The van der Waals surface area contributed by atoms with Crippen LogP contribution in [0.1, 0.15) is 18.7 Å². The highest BCUT2D eigenvalue weighted by atomic mass is 32.2. The van der Waals surface area contributed by atoms with Gasteiger partial charge in [-0.2, -0.15) is 0 Å². The van der Waals surface area contributed by atoms with Crippen LogP contribution in [0, 0.1) is 0 Å². The smallest absolute Gasteiger partial charge is 0.250 e. The fourth-order valence-electron chi connectivity index (χ4n) is 1.07. The lowest BCUT2D eigenvalue weighted by Gasteiger charge is -2.22. The molecular weight excluding hydrogens is 340 g/mol. The molecule has 1 heterocycles. The molecule has 0 bridgehead atoms. The molecule has 10 heteroatoms. The molecule has 1 aromatic heterocycles. The van der Waals surface area contributed by atoms with Crippen molar-refractivity contribution < 1.29 is 16.8 Å². The third-order valence-electron chi connectivity index (χ3n) is 2.78. The van der Waals surface area contributed by atoms with Crippen molar-refractivity contribution in [2.24, 2.45) is 5.73 Å². The van der Waals surface area contributed by atoms with E-state index in [0.717, 1.165) is 17.6 Å². The van der Waals surface area contributed by atoms with Gasteiger partial charge in [-0.05, 0) is 26.0 Å². The number of rotatable bonds is 6. The van der Waals surface area contributed by atoms with E-state index < -0.39 is 24.6 Å². The first-order chi connectivity index (χ1) is 8.87. The summed E-state index contributed by atoms with van der Waals surface area (Å²) in [6.45, 7) is 2.70.